The molecule has 1 spiro atoms. The second kappa shape index (κ2) is 8.86. The minimum Gasteiger partial charge on any atom is -0.351 e. The van der Waals surface area contributed by atoms with Crippen molar-refractivity contribution in [2.24, 2.45) is 10.4 Å². The van der Waals surface area contributed by atoms with Crippen molar-refractivity contribution in [3.8, 4) is 0 Å². The molecule has 2 amide bonds. The Kier molecular flexibility index (Phi) is 6.28. The van der Waals surface area contributed by atoms with Gasteiger partial charge in [0, 0.05) is 25.7 Å². The standard InChI is InChI=1S/C20H33N5OS/c26-18(24-17-3-1-2-4-17)23-15-27-19(22-13-16-5-6-16)25-11-8-20(9-12-25)7-10-21-14-20/h5,17,21H,1-4,6-15H2,(H2,23,24,26). The number of amidine groups is 1. The number of carbonyl (C=O) groups excluding carboxylic acids is 1. The Hall–Kier alpha value is -1.21. The number of nitrogens with zero attached hydrogens (tertiary/aromatic N) is 2. The van der Waals surface area contributed by atoms with E-state index in [1.807, 2.05) is 0 Å². The lowest BCUT2D eigenvalue weighted by Gasteiger charge is -2.40. The third kappa shape index (κ3) is 5.41. The van der Waals surface area contributed by atoms with Crippen molar-refractivity contribution in [2.45, 2.75) is 57.4 Å². The maximum atomic E-state index is 12.1. The number of carbonyl (C=O) groups is 1. The molecule has 0 radical (unpaired) electrons. The second-order valence-electron chi connectivity index (χ2n) is 8.50. The van der Waals surface area contributed by atoms with E-state index in [1.165, 1.54) is 50.8 Å². The van der Waals surface area contributed by atoms with E-state index < -0.39 is 0 Å². The van der Waals surface area contributed by atoms with Crippen molar-refractivity contribution < 1.29 is 4.79 Å². The minimum atomic E-state index is -0.0340. The molecular weight excluding hydrogens is 358 g/mol. The lowest BCUT2D eigenvalue weighted by atomic mass is 9.78. The number of hydrogen-bond acceptors (Lipinski definition) is 4. The number of allylic oxidation sites excluding steroid dienone is 1. The molecule has 6 nitrogen and oxygen atoms in total. The highest BCUT2D eigenvalue weighted by atomic mass is 32.2. The van der Waals surface area contributed by atoms with Gasteiger partial charge >= 0.3 is 6.03 Å². The number of thioether (sulfide) groups is 1. The molecule has 1 saturated carbocycles. The van der Waals surface area contributed by atoms with Crippen LogP contribution in [-0.4, -0.2) is 60.7 Å². The maximum absolute atomic E-state index is 12.1. The number of amides is 2. The summed E-state index contributed by atoms with van der Waals surface area (Å²) in [6.07, 6.45) is 11.9. The molecule has 2 heterocycles. The molecule has 0 atom stereocenters. The van der Waals surface area contributed by atoms with Crippen molar-refractivity contribution in [1.82, 2.24) is 20.9 Å². The molecule has 3 N–H and O–H groups in total. The minimum absolute atomic E-state index is 0.0340. The first kappa shape index (κ1) is 19.1. The van der Waals surface area contributed by atoms with Gasteiger partial charge in [-0.2, -0.15) is 0 Å². The van der Waals surface area contributed by atoms with E-state index in [2.05, 4.69) is 26.9 Å². The molecule has 2 aliphatic heterocycles. The van der Waals surface area contributed by atoms with E-state index in [9.17, 15) is 4.79 Å². The zero-order chi connectivity index (χ0) is 18.5. The first-order valence-electron chi connectivity index (χ1n) is 10.6. The Bertz CT molecular complexity index is 583. The third-order valence-electron chi connectivity index (χ3n) is 6.46. The Labute approximate surface area is 167 Å². The number of aliphatic imine (C=N–C) groups is 1. The van der Waals surface area contributed by atoms with Gasteiger partial charge in [0.25, 0.3) is 0 Å². The van der Waals surface area contributed by atoms with E-state index in [0.29, 0.717) is 17.3 Å². The fourth-order valence-corrected chi connectivity index (χ4v) is 5.33. The Morgan fingerprint density at radius 1 is 1.30 bits per heavy atom. The smallest absolute Gasteiger partial charge is 0.315 e. The normalized spacial score (nSPS) is 25.0. The highest BCUT2D eigenvalue weighted by Crippen LogP contribution is 2.37. The second-order valence-corrected chi connectivity index (χ2v) is 9.44. The zero-order valence-corrected chi connectivity index (χ0v) is 17.1. The van der Waals surface area contributed by atoms with Crippen LogP contribution in [0.15, 0.2) is 16.6 Å². The van der Waals surface area contributed by atoms with Crippen LogP contribution in [-0.2, 0) is 0 Å². The summed E-state index contributed by atoms with van der Waals surface area (Å²) in [5, 5.41) is 10.7. The predicted molar refractivity (Wildman–Crippen MR) is 112 cm³/mol. The quantitative estimate of drug-likeness (QED) is 0.292. The first-order valence-corrected chi connectivity index (χ1v) is 11.6. The van der Waals surface area contributed by atoms with Crippen LogP contribution in [0.4, 0.5) is 4.79 Å². The van der Waals surface area contributed by atoms with Gasteiger partial charge in [-0.05, 0) is 56.1 Å². The van der Waals surface area contributed by atoms with Crippen LogP contribution < -0.4 is 16.0 Å². The van der Waals surface area contributed by atoms with E-state index in [1.54, 1.807) is 11.8 Å². The van der Waals surface area contributed by atoms with Crippen molar-refractivity contribution in [3.63, 3.8) is 0 Å². The van der Waals surface area contributed by atoms with Gasteiger partial charge < -0.3 is 20.9 Å². The summed E-state index contributed by atoms with van der Waals surface area (Å²) >= 11 is 1.68. The molecule has 2 aliphatic carbocycles. The monoisotopic (exact) mass is 391 g/mol. The van der Waals surface area contributed by atoms with Crippen LogP contribution in [0.2, 0.25) is 0 Å². The molecule has 150 valence electrons. The number of piperidine rings is 1. The van der Waals surface area contributed by atoms with Gasteiger partial charge in [0.15, 0.2) is 5.17 Å². The van der Waals surface area contributed by atoms with Gasteiger partial charge in [-0.1, -0.05) is 30.7 Å². The SMILES string of the molecule is O=C(NCSC(=NCC1=CC1)N1CCC2(CCNC2)CC1)NC1CCCC1. The Morgan fingerprint density at radius 3 is 2.74 bits per heavy atom. The number of rotatable bonds is 5. The summed E-state index contributed by atoms with van der Waals surface area (Å²) in [5.41, 5.74) is 1.96. The number of likely N-dealkylation sites (tertiary alicyclic amines) is 1. The molecule has 0 aromatic carbocycles. The number of nitrogens with one attached hydrogen (secondary N) is 3. The summed E-state index contributed by atoms with van der Waals surface area (Å²) in [6.45, 7) is 5.33. The van der Waals surface area contributed by atoms with Gasteiger partial charge in [-0.15, -0.1) is 0 Å². The average molecular weight is 392 g/mol. The fourth-order valence-electron chi connectivity index (χ4n) is 4.47. The third-order valence-corrected chi connectivity index (χ3v) is 7.40. The van der Waals surface area contributed by atoms with Crippen molar-refractivity contribution in [3.05, 3.63) is 11.6 Å². The summed E-state index contributed by atoms with van der Waals surface area (Å²) in [7, 11) is 0. The van der Waals surface area contributed by atoms with Gasteiger partial charge in [-0.3, -0.25) is 4.99 Å². The van der Waals surface area contributed by atoms with Crippen LogP contribution in [0, 0.1) is 5.41 Å². The number of urea groups is 1. The van der Waals surface area contributed by atoms with Crippen LogP contribution in [0.3, 0.4) is 0 Å². The van der Waals surface area contributed by atoms with Crippen LogP contribution in [0.1, 0.15) is 51.4 Å². The van der Waals surface area contributed by atoms with E-state index in [-0.39, 0.29) is 6.03 Å². The summed E-state index contributed by atoms with van der Waals surface area (Å²) < 4.78 is 0. The molecule has 2 saturated heterocycles. The number of hydrogen-bond donors (Lipinski definition) is 3. The van der Waals surface area contributed by atoms with Crippen LogP contribution in [0.25, 0.3) is 0 Å². The van der Waals surface area contributed by atoms with Gasteiger partial charge in [0.05, 0.1) is 12.4 Å². The molecule has 3 fully saturated rings. The average Bonchev–Trinajstić information content (AvgIpc) is 3.15. The van der Waals surface area contributed by atoms with Crippen molar-refractivity contribution in [2.75, 3.05) is 38.6 Å². The molecular formula is C20H33N5OS. The van der Waals surface area contributed by atoms with Crippen molar-refractivity contribution in [1.29, 1.82) is 0 Å². The lowest BCUT2D eigenvalue weighted by Crippen LogP contribution is -2.44. The lowest BCUT2D eigenvalue weighted by molar-refractivity contribution is 0.170. The van der Waals surface area contributed by atoms with E-state index in [4.69, 9.17) is 4.99 Å². The molecule has 0 bridgehead atoms. The summed E-state index contributed by atoms with van der Waals surface area (Å²) in [4.78, 5) is 19.4. The molecule has 0 aromatic rings. The molecule has 4 aliphatic rings. The fraction of sp³-hybridized carbons (Fsp3) is 0.800. The molecule has 7 heteroatoms. The van der Waals surface area contributed by atoms with E-state index >= 15 is 0 Å². The van der Waals surface area contributed by atoms with Gasteiger partial charge in [0.1, 0.15) is 0 Å². The molecule has 0 unspecified atom stereocenters. The predicted octanol–water partition coefficient (Wildman–Crippen LogP) is 2.68. The summed E-state index contributed by atoms with van der Waals surface area (Å²) in [6, 6.07) is 0.330. The first-order chi connectivity index (χ1) is 13.2. The van der Waals surface area contributed by atoms with Gasteiger partial charge in [-0.25, -0.2) is 4.79 Å². The van der Waals surface area contributed by atoms with Gasteiger partial charge in [0.2, 0.25) is 0 Å². The van der Waals surface area contributed by atoms with Crippen LogP contribution >= 0.6 is 11.8 Å². The maximum Gasteiger partial charge on any atom is 0.315 e. The topological polar surface area (TPSA) is 68.8 Å². The molecule has 0 aromatic heterocycles. The van der Waals surface area contributed by atoms with Crippen LogP contribution in [0.5, 0.6) is 0 Å². The van der Waals surface area contributed by atoms with Crippen molar-refractivity contribution >= 4 is 23.0 Å². The Morgan fingerprint density at radius 2 is 2.07 bits per heavy atom. The highest BCUT2D eigenvalue weighted by Gasteiger charge is 2.37. The largest absolute Gasteiger partial charge is 0.351 e. The summed E-state index contributed by atoms with van der Waals surface area (Å²) in [5.74, 6) is 0.583. The Balaban J connectivity index is 1.25. The highest BCUT2D eigenvalue weighted by molar-refractivity contribution is 8.13. The zero-order valence-electron chi connectivity index (χ0n) is 16.3. The molecule has 4 rings (SSSR count). The van der Waals surface area contributed by atoms with E-state index in [0.717, 1.165) is 44.1 Å². The molecule has 27 heavy (non-hydrogen) atoms.